The lowest BCUT2D eigenvalue weighted by atomic mass is 10.0. The van der Waals surface area contributed by atoms with Crippen LogP contribution in [-0.2, 0) is 19.0 Å². The zero-order chi connectivity index (χ0) is 21.3. The lowest BCUT2D eigenvalue weighted by Gasteiger charge is -2.11. The molecular formula is C23H39NO5. The molecular weight excluding hydrogens is 370 g/mol. The van der Waals surface area contributed by atoms with Crippen LogP contribution in [0.25, 0.3) is 0 Å². The minimum Gasteiger partial charge on any atom is -0.491 e. The first-order valence-corrected chi connectivity index (χ1v) is 10.8. The third kappa shape index (κ3) is 13.3. The van der Waals surface area contributed by atoms with Crippen LogP contribution < -0.4 is 10.1 Å². The van der Waals surface area contributed by atoms with Gasteiger partial charge in [0.15, 0.2) is 0 Å². The molecule has 0 bridgehead atoms. The van der Waals surface area contributed by atoms with Crippen LogP contribution in [0.4, 0.5) is 5.69 Å². The van der Waals surface area contributed by atoms with Gasteiger partial charge in [0.05, 0.1) is 33.0 Å². The number of hydrogen-bond acceptors (Lipinski definition) is 6. The Labute approximate surface area is 176 Å². The second kappa shape index (κ2) is 16.2. The average Bonchev–Trinajstić information content (AvgIpc) is 2.72. The molecule has 0 amide bonds. The molecule has 0 radical (unpaired) electrons. The third-order valence-corrected chi connectivity index (χ3v) is 4.40. The molecule has 0 spiro atoms. The van der Waals surface area contributed by atoms with E-state index in [4.69, 9.17) is 18.9 Å². The summed E-state index contributed by atoms with van der Waals surface area (Å²) in [6, 6.07) is 7.98. The van der Waals surface area contributed by atoms with E-state index < -0.39 is 0 Å². The van der Waals surface area contributed by atoms with E-state index in [2.05, 4.69) is 19.2 Å². The van der Waals surface area contributed by atoms with Crippen molar-refractivity contribution in [1.29, 1.82) is 0 Å². The lowest BCUT2D eigenvalue weighted by molar-refractivity contribution is -0.122. The highest BCUT2D eigenvalue weighted by Gasteiger charge is 2.09. The number of carbonyl (C=O) groups is 1. The molecule has 1 aromatic carbocycles. The first kappa shape index (κ1) is 25.4. The van der Waals surface area contributed by atoms with Gasteiger partial charge < -0.3 is 24.3 Å². The number of ether oxygens (including phenoxy) is 4. The van der Waals surface area contributed by atoms with E-state index in [0.29, 0.717) is 64.4 Å². The van der Waals surface area contributed by atoms with Gasteiger partial charge in [-0.25, -0.2) is 0 Å². The normalized spacial score (nSPS) is 12.2. The van der Waals surface area contributed by atoms with E-state index in [0.717, 1.165) is 24.4 Å². The van der Waals surface area contributed by atoms with Gasteiger partial charge in [-0.1, -0.05) is 27.7 Å². The zero-order valence-electron chi connectivity index (χ0n) is 18.6. The molecule has 0 aliphatic carbocycles. The summed E-state index contributed by atoms with van der Waals surface area (Å²) in [7, 11) is 0. The molecule has 0 aliphatic heterocycles. The molecule has 1 rings (SSSR count). The van der Waals surface area contributed by atoms with E-state index in [1.807, 2.05) is 38.1 Å². The summed E-state index contributed by atoms with van der Waals surface area (Å²) < 4.78 is 22.1. The highest BCUT2D eigenvalue weighted by molar-refractivity contribution is 5.80. The summed E-state index contributed by atoms with van der Waals surface area (Å²) in [5, 5.41) is 3.38. The fourth-order valence-electron chi connectivity index (χ4n) is 2.52. The van der Waals surface area contributed by atoms with Gasteiger partial charge in [0, 0.05) is 31.2 Å². The van der Waals surface area contributed by atoms with Gasteiger partial charge in [-0.05, 0) is 36.6 Å². The first-order valence-electron chi connectivity index (χ1n) is 10.8. The van der Waals surface area contributed by atoms with Crippen molar-refractivity contribution < 1.29 is 23.7 Å². The van der Waals surface area contributed by atoms with Gasteiger partial charge in [0.2, 0.25) is 0 Å². The molecule has 0 aliphatic rings. The number of benzene rings is 1. The van der Waals surface area contributed by atoms with Crippen molar-refractivity contribution >= 4 is 11.5 Å². The van der Waals surface area contributed by atoms with Gasteiger partial charge in [0.1, 0.15) is 18.1 Å². The number of rotatable bonds is 18. The van der Waals surface area contributed by atoms with Crippen LogP contribution in [0.1, 0.15) is 40.5 Å². The topological polar surface area (TPSA) is 66.0 Å². The maximum absolute atomic E-state index is 11.5. The van der Waals surface area contributed by atoms with Gasteiger partial charge in [-0.15, -0.1) is 0 Å². The molecule has 166 valence electrons. The molecule has 1 aromatic rings. The standard InChI is InChI=1S/C23H39NO5/c1-5-23(25)20(4)10-11-26-12-13-27-14-15-28-16-17-29-22-8-6-21(7-9-22)24-18-19(2)3/h6-9,19-20,24H,5,10-18H2,1-4H3. The molecule has 1 atom stereocenters. The molecule has 6 heteroatoms. The van der Waals surface area contributed by atoms with Gasteiger partial charge in [0.25, 0.3) is 0 Å². The van der Waals surface area contributed by atoms with Crippen molar-refractivity contribution in [2.75, 3.05) is 58.1 Å². The predicted molar refractivity (Wildman–Crippen MR) is 117 cm³/mol. The third-order valence-electron chi connectivity index (χ3n) is 4.40. The van der Waals surface area contributed by atoms with E-state index in [1.54, 1.807) is 0 Å². The molecule has 29 heavy (non-hydrogen) atoms. The Morgan fingerprint density at radius 3 is 1.97 bits per heavy atom. The minimum atomic E-state index is 0.0796. The summed E-state index contributed by atoms with van der Waals surface area (Å²) >= 11 is 0. The Hall–Kier alpha value is -1.63. The van der Waals surface area contributed by atoms with Crippen molar-refractivity contribution in [1.82, 2.24) is 0 Å². The monoisotopic (exact) mass is 409 g/mol. The number of nitrogens with one attached hydrogen (secondary N) is 1. The Morgan fingerprint density at radius 2 is 1.41 bits per heavy atom. The van der Waals surface area contributed by atoms with E-state index in [-0.39, 0.29) is 5.92 Å². The minimum absolute atomic E-state index is 0.0796. The second-order valence-corrected chi connectivity index (χ2v) is 7.49. The van der Waals surface area contributed by atoms with Crippen LogP contribution in [0.3, 0.4) is 0 Å². The van der Waals surface area contributed by atoms with Crippen LogP contribution in [0.5, 0.6) is 5.75 Å². The van der Waals surface area contributed by atoms with Crippen molar-refractivity contribution in [3.05, 3.63) is 24.3 Å². The maximum Gasteiger partial charge on any atom is 0.135 e. The predicted octanol–water partition coefficient (Wildman–Crippen LogP) is 4.19. The molecule has 0 aromatic heterocycles. The van der Waals surface area contributed by atoms with Gasteiger partial charge in [-0.3, -0.25) is 4.79 Å². The molecule has 1 unspecified atom stereocenters. The number of carbonyl (C=O) groups excluding carboxylic acids is 1. The van der Waals surface area contributed by atoms with Crippen LogP contribution in [0.2, 0.25) is 0 Å². The quantitative estimate of drug-likeness (QED) is 0.367. The Bertz CT molecular complexity index is 533. The van der Waals surface area contributed by atoms with E-state index in [1.165, 1.54) is 0 Å². The van der Waals surface area contributed by atoms with Crippen molar-refractivity contribution in [3.63, 3.8) is 0 Å². The number of ketones is 1. The Balaban J connectivity index is 1.90. The molecule has 0 saturated heterocycles. The first-order chi connectivity index (χ1) is 14.0. The maximum atomic E-state index is 11.5. The van der Waals surface area contributed by atoms with Crippen molar-refractivity contribution in [3.8, 4) is 5.75 Å². The van der Waals surface area contributed by atoms with Crippen LogP contribution in [0, 0.1) is 11.8 Å². The largest absolute Gasteiger partial charge is 0.491 e. The smallest absolute Gasteiger partial charge is 0.135 e. The summed E-state index contributed by atoms with van der Waals surface area (Å²) in [4.78, 5) is 11.5. The fourth-order valence-corrected chi connectivity index (χ4v) is 2.52. The highest BCUT2D eigenvalue weighted by Crippen LogP contribution is 2.15. The van der Waals surface area contributed by atoms with E-state index >= 15 is 0 Å². The summed E-state index contributed by atoms with van der Waals surface area (Å²) in [6.07, 6.45) is 1.37. The molecule has 0 fully saturated rings. The number of anilines is 1. The van der Waals surface area contributed by atoms with Crippen molar-refractivity contribution in [2.24, 2.45) is 11.8 Å². The summed E-state index contributed by atoms with van der Waals surface area (Å²) in [5.41, 5.74) is 1.10. The van der Waals surface area contributed by atoms with Crippen LogP contribution in [0.15, 0.2) is 24.3 Å². The fraction of sp³-hybridized carbons (Fsp3) is 0.696. The van der Waals surface area contributed by atoms with Gasteiger partial charge in [-0.2, -0.15) is 0 Å². The van der Waals surface area contributed by atoms with Gasteiger partial charge >= 0.3 is 0 Å². The highest BCUT2D eigenvalue weighted by atomic mass is 16.6. The van der Waals surface area contributed by atoms with Crippen LogP contribution >= 0.6 is 0 Å². The number of Topliss-reactive ketones (excluding diaryl/α,β-unsaturated/α-hetero) is 1. The molecule has 0 saturated carbocycles. The summed E-state index contributed by atoms with van der Waals surface area (Å²) in [5.74, 6) is 1.83. The lowest BCUT2D eigenvalue weighted by Crippen LogP contribution is -2.15. The summed E-state index contributed by atoms with van der Waals surface area (Å²) in [6.45, 7) is 12.9. The molecule has 0 heterocycles. The average molecular weight is 410 g/mol. The Morgan fingerprint density at radius 1 is 0.862 bits per heavy atom. The van der Waals surface area contributed by atoms with Crippen LogP contribution in [-0.4, -0.2) is 58.6 Å². The Kier molecular flexibility index (Phi) is 14.2. The molecule has 1 N–H and O–H groups in total. The number of hydrogen-bond donors (Lipinski definition) is 1. The van der Waals surface area contributed by atoms with E-state index in [9.17, 15) is 4.79 Å². The zero-order valence-corrected chi connectivity index (χ0v) is 18.6. The second-order valence-electron chi connectivity index (χ2n) is 7.49. The SMILES string of the molecule is CCC(=O)C(C)CCOCCOCCOCCOc1ccc(NCC(C)C)cc1. The molecule has 6 nitrogen and oxygen atoms in total. The van der Waals surface area contributed by atoms with Crippen molar-refractivity contribution in [2.45, 2.75) is 40.5 Å².